The van der Waals surface area contributed by atoms with Crippen molar-refractivity contribution < 1.29 is 13.9 Å². The summed E-state index contributed by atoms with van der Waals surface area (Å²) in [6.07, 6.45) is 2.92. The molecule has 0 aliphatic heterocycles. The maximum Gasteiger partial charge on any atom is 0.269 e. The fourth-order valence-corrected chi connectivity index (χ4v) is 2.71. The van der Waals surface area contributed by atoms with Gasteiger partial charge in [-0.25, -0.2) is 0 Å². The average molecular weight is 283 g/mol. The summed E-state index contributed by atoms with van der Waals surface area (Å²) in [6, 6.07) is 5.38. The number of hydrogen-bond donors (Lipinski definition) is 0. The van der Waals surface area contributed by atoms with E-state index in [4.69, 9.17) is 0 Å². The molecule has 0 radical (unpaired) electrons. The van der Waals surface area contributed by atoms with Gasteiger partial charge in [0.15, 0.2) is 5.78 Å². The number of rotatable bonds is 8. The van der Waals surface area contributed by atoms with Crippen molar-refractivity contribution in [3.63, 3.8) is 0 Å². The summed E-state index contributed by atoms with van der Waals surface area (Å²) < 4.78 is 11.7. The van der Waals surface area contributed by atoms with E-state index in [2.05, 4.69) is 6.92 Å². The Morgan fingerprint density at radius 2 is 1.89 bits per heavy atom. The van der Waals surface area contributed by atoms with Gasteiger partial charge < -0.3 is 0 Å². The highest BCUT2D eigenvalue weighted by molar-refractivity contribution is 7.85. The highest BCUT2D eigenvalue weighted by atomic mass is 32.2. The van der Waals surface area contributed by atoms with Gasteiger partial charge in [0, 0.05) is 34.2 Å². The molecule has 0 aliphatic carbocycles. The Bertz CT molecular complexity index is 470. The first-order valence-corrected chi connectivity index (χ1v) is 7.66. The lowest BCUT2D eigenvalue weighted by Crippen LogP contribution is -2.13. The lowest BCUT2D eigenvalue weighted by Gasteiger charge is -2.02. The van der Waals surface area contributed by atoms with Crippen molar-refractivity contribution in [1.29, 1.82) is 0 Å². The molecule has 1 unspecified atom stereocenters. The Hall–Kier alpha value is -1.56. The van der Waals surface area contributed by atoms with Crippen molar-refractivity contribution in [2.24, 2.45) is 0 Å². The summed E-state index contributed by atoms with van der Waals surface area (Å²) in [5, 5.41) is 10.5. The summed E-state index contributed by atoms with van der Waals surface area (Å²) in [7, 11) is -1.15. The molecule has 1 aromatic rings. The summed E-state index contributed by atoms with van der Waals surface area (Å²) in [4.78, 5) is 21.8. The van der Waals surface area contributed by atoms with Crippen LogP contribution < -0.4 is 0 Å². The van der Waals surface area contributed by atoms with Crippen molar-refractivity contribution in [1.82, 2.24) is 0 Å². The Kier molecular flexibility index (Phi) is 6.35. The average Bonchev–Trinajstić information content (AvgIpc) is 2.39. The number of hydrogen-bond acceptors (Lipinski definition) is 4. The van der Waals surface area contributed by atoms with Crippen LogP contribution in [0.2, 0.25) is 0 Å². The SMILES string of the molecule is CCCCCS(=O)CC(=O)c1ccc([N+](=O)[O-])cc1. The van der Waals surface area contributed by atoms with Crippen molar-refractivity contribution in [2.45, 2.75) is 26.2 Å². The molecule has 104 valence electrons. The van der Waals surface area contributed by atoms with Crippen LogP contribution in [0.3, 0.4) is 0 Å². The second-order valence-corrected chi connectivity index (χ2v) is 5.80. The topological polar surface area (TPSA) is 77.3 Å². The zero-order valence-electron chi connectivity index (χ0n) is 10.8. The molecule has 0 fully saturated rings. The van der Waals surface area contributed by atoms with Crippen LogP contribution in [0.1, 0.15) is 36.5 Å². The number of ketones is 1. The fourth-order valence-electron chi connectivity index (χ4n) is 1.58. The normalized spacial score (nSPS) is 12.1. The van der Waals surface area contributed by atoms with Crippen molar-refractivity contribution >= 4 is 22.3 Å². The molecule has 1 rings (SSSR count). The quantitative estimate of drug-likeness (QED) is 0.318. The molecule has 0 amide bonds. The first kappa shape index (κ1) is 15.5. The minimum absolute atomic E-state index is 0.0124. The second kappa shape index (κ2) is 7.78. The summed E-state index contributed by atoms with van der Waals surface area (Å²) >= 11 is 0. The van der Waals surface area contributed by atoms with E-state index in [1.54, 1.807) is 0 Å². The van der Waals surface area contributed by atoms with Crippen molar-refractivity contribution in [3.8, 4) is 0 Å². The zero-order valence-corrected chi connectivity index (χ0v) is 11.6. The van der Waals surface area contributed by atoms with Crippen LogP contribution in [0.15, 0.2) is 24.3 Å². The van der Waals surface area contributed by atoms with Gasteiger partial charge in [-0.05, 0) is 18.6 Å². The standard InChI is InChI=1S/C13H17NO4S/c1-2-3-4-9-19(18)10-13(15)11-5-7-12(8-6-11)14(16)17/h5-8H,2-4,9-10H2,1H3. The molecule has 5 nitrogen and oxygen atoms in total. The Morgan fingerprint density at radius 3 is 2.42 bits per heavy atom. The minimum Gasteiger partial charge on any atom is -0.293 e. The zero-order chi connectivity index (χ0) is 14.3. The highest BCUT2D eigenvalue weighted by Gasteiger charge is 2.12. The first-order valence-electron chi connectivity index (χ1n) is 6.17. The number of nitro groups is 1. The maximum atomic E-state index is 11.8. The number of carbonyl (C=O) groups is 1. The van der Waals surface area contributed by atoms with Crippen LogP contribution in [-0.4, -0.2) is 26.4 Å². The molecule has 6 heteroatoms. The maximum absolute atomic E-state index is 11.8. The van der Waals surface area contributed by atoms with Crippen LogP contribution in [0.5, 0.6) is 0 Å². The van der Waals surface area contributed by atoms with Crippen LogP contribution in [-0.2, 0) is 10.8 Å². The Balaban J connectivity index is 2.53. The van der Waals surface area contributed by atoms with E-state index in [1.807, 2.05) is 0 Å². The third kappa shape index (κ3) is 5.30. The molecule has 1 aromatic carbocycles. The molecule has 0 bridgehead atoms. The minimum atomic E-state index is -1.15. The van der Waals surface area contributed by atoms with E-state index in [9.17, 15) is 19.1 Å². The van der Waals surface area contributed by atoms with Gasteiger partial charge in [-0.3, -0.25) is 19.1 Å². The van der Waals surface area contributed by atoms with Gasteiger partial charge in [-0.1, -0.05) is 19.8 Å². The lowest BCUT2D eigenvalue weighted by atomic mass is 10.1. The second-order valence-electron chi connectivity index (χ2n) is 4.22. The number of carbonyl (C=O) groups excluding carboxylic acids is 1. The van der Waals surface area contributed by atoms with E-state index < -0.39 is 15.7 Å². The summed E-state index contributed by atoms with van der Waals surface area (Å²) in [5.41, 5.74) is 0.315. The largest absolute Gasteiger partial charge is 0.293 e. The van der Waals surface area contributed by atoms with E-state index in [1.165, 1.54) is 24.3 Å². The summed E-state index contributed by atoms with van der Waals surface area (Å²) in [5.74, 6) is 0.290. The third-order valence-corrected chi connectivity index (χ3v) is 4.00. The lowest BCUT2D eigenvalue weighted by molar-refractivity contribution is -0.384. The van der Waals surface area contributed by atoms with E-state index >= 15 is 0 Å². The van der Waals surface area contributed by atoms with Crippen LogP contribution in [0.25, 0.3) is 0 Å². The van der Waals surface area contributed by atoms with Crippen molar-refractivity contribution in [3.05, 3.63) is 39.9 Å². The predicted molar refractivity (Wildman–Crippen MR) is 74.8 cm³/mol. The van der Waals surface area contributed by atoms with E-state index in [-0.39, 0.29) is 17.2 Å². The number of unbranched alkanes of at least 4 members (excludes halogenated alkanes) is 2. The predicted octanol–water partition coefficient (Wildman–Crippen LogP) is 2.72. The molecule has 1 atom stereocenters. The molecular weight excluding hydrogens is 266 g/mol. The molecule has 0 N–H and O–H groups in total. The van der Waals surface area contributed by atoms with Crippen LogP contribution >= 0.6 is 0 Å². The molecular formula is C13H17NO4S. The molecule has 0 heterocycles. The van der Waals surface area contributed by atoms with Gasteiger partial charge >= 0.3 is 0 Å². The molecule has 0 saturated carbocycles. The van der Waals surface area contributed by atoms with E-state index in [0.29, 0.717) is 11.3 Å². The molecule has 0 aliphatic rings. The molecule has 0 saturated heterocycles. The number of non-ortho nitro benzene ring substituents is 1. The first-order chi connectivity index (χ1) is 9.04. The van der Waals surface area contributed by atoms with Crippen LogP contribution in [0, 0.1) is 10.1 Å². The molecule has 0 aromatic heterocycles. The van der Waals surface area contributed by atoms with Gasteiger partial charge in [-0.15, -0.1) is 0 Å². The number of nitrogens with zero attached hydrogens (tertiary/aromatic N) is 1. The fraction of sp³-hybridized carbons (Fsp3) is 0.462. The van der Waals surface area contributed by atoms with Gasteiger partial charge in [0.25, 0.3) is 5.69 Å². The number of benzene rings is 1. The number of nitro benzene ring substituents is 1. The highest BCUT2D eigenvalue weighted by Crippen LogP contribution is 2.12. The van der Waals surface area contributed by atoms with Gasteiger partial charge in [0.1, 0.15) is 0 Å². The molecule has 19 heavy (non-hydrogen) atoms. The Labute approximate surface area is 114 Å². The van der Waals surface area contributed by atoms with Crippen molar-refractivity contribution in [2.75, 3.05) is 11.5 Å². The monoisotopic (exact) mass is 283 g/mol. The van der Waals surface area contributed by atoms with Crippen LogP contribution in [0.4, 0.5) is 5.69 Å². The molecule has 0 spiro atoms. The third-order valence-electron chi connectivity index (χ3n) is 2.67. The Morgan fingerprint density at radius 1 is 1.26 bits per heavy atom. The number of Topliss-reactive ketones (excluding diaryl/α,β-unsaturated/α-hetero) is 1. The van der Waals surface area contributed by atoms with Gasteiger partial charge in [0.05, 0.1) is 10.7 Å². The summed E-state index contributed by atoms with van der Waals surface area (Å²) in [6.45, 7) is 2.06. The smallest absolute Gasteiger partial charge is 0.269 e. The van der Waals surface area contributed by atoms with E-state index in [0.717, 1.165) is 19.3 Å². The van der Waals surface area contributed by atoms with Gasteiger partial charge in [-0.2, -0.15) is 0 Å². The van der Waals surface area contributed by atoms with Gasteiger partial charge in [0.2, 0.25) is 0 Å².